The lowest BCUT2D eigenvalue weighted by Gasteiger charge is -2.25. The minimum Gasteiger partial charge on any atom is -0.457 e. The molecular formula is C25H25BrN2O2. The van der Waals surface area contributed by atoms with Crippen LogP contribution in [0.3, 0.4) is 0 Å². The molecule has 0 radical (unpaired) electrons. The summed E-state index contributed by atoms with van der Waals surface area (Å²) in [6.45, 7) is 0. The maximum Gasteiger partial charge on any atom is 0.255 e. The van der Waals surface area contributed by atoms with Gasteiger partial charge in [-0.3, -0.25) is 4.79 Å². The SMILES string of the molecule is O=C(Nc1ccccc1NC1CCCCC1)c1ccc(Oc2cccc(Br)c2)cc1. The molecule has 1 saturated carbocycles. The van der Waals surface area contributed by atoms with Crippen molar-refractivity contribution < 1.29 is 9.53 Å². The number of benzene rings is 3. The third kappa shape index (κ3) is 5.42. The van der Waals surface area contributed by atoms with Gasteiger partial charge in [-0.25, -0.2) is 0 Å². The second-order valence-corrected chi connectivity index (χ2v) is 8.48. The first-order valence-electron chi connectivity index (χ1n) is 10.4. The van der Waals surface area contributed by atoms with Crippen LogP contribution in [0.15, 0.2) is 77.3 Å². The average Bonchev–Trinajstić information content (AvgIpc) is 2.76. The Labute approximate surface area is 185 Å². The number of carbonyl (C=O) groups excluding carboxylic acids is 1. The molecule has 3 aromatic carbocycles. The molecule has 154 valence electrons. The standard InChI is InChI=1S/C25H25BrN2O2/c26-19-7-6-10-22(17-19)30-21-15-13-18(14-16-21)25(29)28-24-12-5-4-11-23(24)27-20-8-2-1-3-9-20/h4-7,10-17,20,27H,1-3,8-9H2,(H,28,29). The van der Waals surface area contributed by atoms with Crippen molar-refractivity contribution in [2.45, 2.75) is 38.1 Å². The van der Waals surface area contributed by atoms with E-state index in [1.54, 1.807) is 12.1 Å². The van der Waals surface area contributed by atoms with Crippen LogP contribution in [0.25, 0.3) is 0 Å². The van der Waals surface area contributed by atoms with Crippen molar-refractivity contribution in [3.8, 4) is 11.5 Å². The van der Waals surface area contributed by atoms with E-state index >= 15 is 0 Å². The van der Waals surface area contributed by atoms with Gasteiger partial charge >= 0.3 is 0 Å². The number of nitrogens with one attached hydrogen (secondary N) is 2. The van der Waals surface area contributed by atoms with Gasteiger partial charge in [-0.1, -0.05) is 53.4 Å². The third-order valence-electron chi connectivity index (χ3n) is 5.29. The lowest BCUT2D eigenvalue weighted by Crippen LogP contribution is -2.23. The topological polar surface area (TPSA) is 50.4 Å². The summed E-state index contributed by atoms with van der Waals surface area (Å²) in [4.78, 5) is 12.8. The van der Waals surface area contributed by atoms with Crippen LogP contribution in [0.1, 0.15) is 42.5 Å². The molecule has 1 fully saturated rings. The number of rotatable bonds is 6. The molecule has 30 heavy (non-hydrogen) atoms. The van der Waals surface area contributed by atoms with Gasteiger partial charge < -0.3 is 15.4 Å². The number of carbonyl (C=O) groups is 1. The van der Waals surface area contributed by atoms with E-state index in [1.807, 2.05) is 60.7 Å². The number of amides is 1. The molecule has 0 aliphatic heterocycles. The van der Waals surface area contributed by atoms with Gasteiger partial charge in [0.05, 0.1) is 11.4 Å². The van der Waals surface area contributed by atoms with Crippen LogP contribution in [0, 0.1) is 0 Å². The molecule has 2 N–H and O–H groups in total. The van der Waals surface area contributed by atoms with Crippen molar-refractivity contribution in [3.63, 3.8) is 0 Å². The minimum absolute atomic E-state index is 0.137. The third-order valence-corrected chi connectivity index (χ3v) is 5.78. The highest BCUT2D eigenvalue weighted by Gasteiger charge is 2.15. The van der Waals surface area contributed by atoms with E-state index in [2.05, 4.69) is 26.6 Å². The highest BCUT2D eigenvalue weighted by molar-refractivity contribution is 9.10. The molecule has 0 unspecified atom stereocenters. The molecule has 4 rings (SSSR count). The molecule has 0 bridgehead atoms. The summed E-state index contributed by atoms with van der Waals surface area (Å²) in [6.07, 6.45) is 6.21. The van der Waals surface area contributed by atoms with Gasteiger partial charge in [0.15, 0.2) is 0 Å². The van der Waals surface area contributed by atoms with Gasteiger partial charge in [-0.05, 0) is 67.4 Å². The summed E-state index contributed by atoms with van der Waals surface area (Å²) in [6, 6.07) is 23.2. The molecule has 5 heteroatoms. The normalized spacial score (nSPS) is 14.2. The molecule has 3 aromatic rings. The Bertz CT molecular complexity index is 998. The zero-order chi connectivity index (χ0) is 20.8. The number of hydrogen-bond acceptors (Lipinski definition) is 3. The molecule has 4 nitrogen and oxygen atoms in total. The second-order valence-electron chi connectivity index (χ2n) is 7.56. The fourth-order valence-corrected chi connectivity index (χ4v) is 4.10. The number of hydrogen-bond donors (Lipinski definition) is 2. The Kier molecular flexibility index (Phi) is 6.70. The molecule has 0 spiro atoms. The summed E-state index contributed by atoms with van der Waals surface area (Å²) in [5.74, 6) is 1.29. The molecule has 1 amide bonds. The summed E-state index contributed by atoms with van der Waals surface area (Å²) in [5.41, 5.74) is 2.37. The van der Waals surface area contributed by atoms with Crippen molar-refractivity contribution in [2.75, 3.05) is 10.6 Å². The Morgan fingerprint density at radius 3 is 2.30 bits per heavy atom. The van der Waals surface area contributed by atoms with Gasteiger partial charge in [0.2, 0.25) is 0 Å². The number of ether oxygens (including phenoxy) is 1. The van der Waals surface area contributed by atoms with Gasteiger partial charge in [-0.15, -0.1) is 0 Å². The predicted molar refractivity (Wildman–Crippen MR) is 126 cm³/mol. The maximum absolute atomic E-state index is 12.8. The zero-order valence-electron chi connectivity index (χ0n) is 16.7. The fourth-order valence-electron chi connectivity index (χ4n) is 3.72. The first-order chi connectivity index (χ1) is 14.7. The number of para-hydroxylation sites is 2. The van der Waals surface area contributed by atoms with E-state index in [0.29, 0.717) is 17.4 Å². The van der Waals surface area contributed by atoms with E-state index in [4.69, 9.17) is 4.74 Å². The smallest absolute Gasteiger partial charge is 0.255 e. The minimum atomic E-state index is -0.137. The van der Waals surface area contributed by atoms with Crippen molar-refractivity contribution in [3.05, 3.63) is 82.8 Å². The van der Waals surface area contributed by atoms with Gasteiger partial charge in [0.1, 0.15) is 11.5 Å². The molecule has 1 aliphatic rings. The van der Waals surface area contributed by atoms with Crippen LogP contribution < -0.4 is 15.4 Å². The van der Waals surface area contributed by atoms with E-state index in [0.717, 1.165) is 21.6 Å². The molecule has 0 heterocycles. The summed E-state index contributed by atoms with van der Waals surface area (Å²) in [7, 11) is 0. The Morgan fingerprint density at radius 2 is 1.57 bits per heavy atom. The van der Waals surface area contributed by atoms with Crippen molar-refractivity contribution in [1.29, 1.82) is 0 Å². The molecule has 1 aliphatic carbocycles. The largest absolute Gasteiger partial charge is 0.457 e. The van der Waals surface area contributed by atoms with E-state index < -0.39 is 0 Å². The summed E-state index contributed by atoms with van der Waals surface area (Å²) >= 11 is 3.44. The monoisotopic (exact) mass is 464 g/mol. The number of halogens is 1. The summed E-state index contributed by atoms with van der Waals surface area (Å²) < 4.78 is 6.80. The van der Waals surface area contributed by atoms with Crippen LogP contribution in [0.5, 0.6) is 11.5 Å². The van der Waals surface area contributed by atoms with E-state index in [1.165, 1.54) is 32.1 Å². The molecular weight excluding hydrogens is 440 g/mol. The van der Waals surface area contributed by atoms with Crippen LogP contribution in [-0.4, -0.2) is 11.9 Å². The Balaban J connectivity index is 1.41. The molecule has 0 aromatic heterocycles. The van der Waals surface area contributed by atoms with Gasteiger partial charge in [0.25, 0.3) is 5.91 Å². The van der Waals surface area contributed by atoms with Crippen LogP contribution in [0.2, 0.25) is 0 Å². The quantitative estimate of drug-likeness (QED) is 0.404. The van der Waals surface area contributed by atoms with Crippen molar-refractivity contribution in [2.24, 2.45) is 0 Å². The second kappa shape index (κ2) is 9.81. The van der Waals surface area contributed by atoms with Crippen LogP contribution in [0.4, 0.5) is 11.4 Å². The zero-order valence-corrected chi connectivity index (χ0v) is 18.3. The highest BCUT2D eigenvalue weighted by atomic mass is 79.9. The van der Waals surface area contributed by atoms with E-state index in [9.17, 15) is 4.79 Å². The lowest BCUT2D eigenvalue weighted by atomic mass is 9.95. The predicted octanol–water partition coefficient (Wildman–Crippen LogP) is 7.24. The number of anilines is 2. The van der Waals surface area contributed by atoms with Gasteiger partial charge in [0, 0.05) is 16.1 Å². The van der Waals surface area contributed by atoms with Crippen molar-refractivity contribution in [1.82, 2.24) is 0 Å². The Hall–Kier alpha value is -2.79. The fraction of sp³-hybridized carbons (Fsp3) is 0.240. The summed E-state index contributed by atoms with van der Waals surface area (Å²) in [5, 5.41) is 6.65. The molecule has 0 atom stereocenters. The van der Waals surface area contributed by atoms with Crippen molar-refractivity contribution >= 4 is 33.2 Å². The molecule has 0 saturated heterocycles. The average molecular weight is 465 g/mol. The van der Waals surface area contributed by atoms with E-state index in [-0.39, 0.29) is 5.91 Å². The first kappa shape index (κ1) is 20.5. The lowest BCUT2D eigenvalue weighted by molar-refractivity contribution is 0.102. The maximum atomic E-state index is 12.8. The first-order valence-corrected chi connectivity index (χ1v) is 11.2. The highest BCUT2D eigenvalue weighted by Crippen LogP contribution is 2.28. The van der Waals surface area contributed by atoms with Gasteiger partial charge in [-0.2, -0.15) is 0 Å². The Morgan fingerprint density at radius 1 is 0.833 bits per heavy atom. The van der Waals surface area contributed by atoms with Crippen LogP contribution >= 0.6 is 15.9 Å². The van der Waals surface area contributed by atoms with Crippen LogP contribution in [-0.2, 0) is 0 Å².